The first-order valence-corrected chi connectivity index (χ1v) is 16.2. The Hall–Kier alpha value is -3.24. The van der Waals surface area contributed by atoms with Gasteiger partial charge in [0.15, 0.2) is 11.5 Å². The SMILES string of the molecule is O=S(=O)(Nc1ccc(CCCC2CCCC2)cc1F)c1ccc2c(c1)CCN(CCc1ccc3c(c1)OC(F)(F)O3)C2. The van der Waals surface area contributed by atoms with Gasteiger partial charge < -0.3 is 9.47 Å². The zero-order valence-corrected chi connectivity index (χ0v) is 24.2. The molecule has 6 nitrogen and oxygen atoms in total. The van der Waals surface area contributed by atoms with Gasteiger partial charge in [-0.1, -0.05) is 50.3 Å². The molecule has 3 aliphatic rings. The average Bonchev–Trinajstić information content (AvgIpc) is 3.58. The third-order valence-corrected chi connectivity index (χ3v) is 9.96. The predicted molar refractivity (Wildman–Crippen MR) is 154 cm³/mol. The highest BCUT2D eigenvalue weighted by molar-refractivity contribution is 7.92. The lowest BCUT2D eigenvalue weighted by molar-refractivity contribution is -0.286. The van der Waals surface area contributed by atoms with Crippen LogP contribution in [0.1, 0.15) is 60.8 Å². The molecule has 1 saturated carbocycles. The Morgan fingerprint density at radius 2 is 1.67 bits per heavy atom. The van der Waals surface area contributed by atoms with Gasteiger partial charge in [0.1, 0.15) is 5.82 Å². The van der Waals surface area contributed by atoms with Crippen LogP contribution in [0, 0.1) is 11.7 Å². The topological polar surface area (TPSA) is 67.9 Å². The van der Waals surface area contributed by atoms with Gasteiger partial charge >= 0.3 is 6.29 Å². The summed E-state index contributed by atoms with van der Waals surface area (Å²) in [4.78, 5) is 2.34. The molecule has 6 rings (SSSR count). The van der Waals surface area contributed by atoms with Crippen molar-refractivity contribution in [2.75, 3.05) is 17.8 Å². The van der Waals surface area contributed by atoms with E-state index in [1.165, 1.54) is 43.9 Å². The highest BCUT2D eigenvalue weighted by atomic mass is 32.2. The third kappa shape index (κ3) is 6.70. The van der Waals surface area contributed by atoms with E-state index in [1.807, 2.05) is 6.07 Å². The van der Waals surface area contributed by atoms with Crippen LogP contribution in [0.4, 0.5) is 18.9 Å². The number of halogens is 3. The number of anilines is 1. The molecular weight excluding hydrogens is 565 g/mol. The van der Waals surface area contributed by atoms with Crippen LogP contribution < -0.4 is 14.2 Å². The van der Waals surface area contributed by atoms with E-state index in [4.69, 9.17) is 0 Å². The zero-order valence-electron chi connectivity index (χ0n) is 23.4. The van der Waals surface area contributed by atoms with Crippen LogP contribution >= 0.6 is 0 Å². The van der Waals surface area contributed by atoms with Gasteiger partial charge in [-0.2, -0.15) is 0 Å². The van der Waals surface area contributed by atoms with Crippen molar-refractivity contribution in [3.05, 3.63) is 82.7 Å². The summed E-state index contributed by atoms with van der Waals surface area (Å²) in [6.07, 6.45) is 5.86. The van der Waals surface area contributed by atoms with Gasteiger partial charge in [-0.15, -0.1) is 8.78 Å². The van der Waals surface area contributed by atoms with E-state index in [1.54, 1.807) is 30.3 Å². The Kier molecular flexibility index (Phi) is 8.11. The van der Waals surface area contributed by atoms with Crippen molar-refractivity contribution in [1.29, 1.82) is 0 Å². The molecule has 0 radical (unpaired) electrons. The molecule has 0 spiro atoms. The van der Waals surface area contributed by atoms with E-state index in [0.29, 0.717) is 25.9 Å². The van der Waals surface area contributed by atoms with Crippen LogP contribution in [0.2, 0.25) is 0 Å². The summed E-state index contributed by atoms with van der Waals surface area (Å²) in [5.41, 5.74) is 3.66. The molecule has 0 unspecified atom stereocenters. The molecular formula is C32H35F3N2O4S. The molecule has 1 aliphatic carbocycles. The second-order valence-corrected chi connectivity index (χ2v) is 13.3. The lowest BCUT2D eigenvalue weighted by atomic mass is 9.98. The molecule has 0 bridgehead atoms. The van der Waals surface area contributed by atoms with Crippen molar-refractivity contribution in [2.45, 2.75) is 75.5 Å². The molecule has 224 valence electrons. The average molecular weight is 601 g/mol. The maximum absolute atomic E-state index is 14.9. The molecule has 3 aromatic rings. The largest absolute Gasteiger partial charge is 0.586 e. The van der Waals surface area contributed by atoms with Crippen LogP contribution in [-0.4, -0.2) is 32.7 Å². The van der Waals surface area contributed by atoms with Gasteiger partial charge in [0.25, 0.3) is 10.0 Å². The van der Waals surface area contributed by atoms with Crippen LogP contribution in [-0.2, 0) is 35.8 Å². The van der Waals surface area contributed by atoms with Gasteiger partial charge in [0, 0.05) is 19.6 Å². The van der Waals surface area contributed by atoms with Crippen molar-refractivity contribution in [1.82, 2.24) is 4.90 Å². The molecule has 2 aliphatic heterocycles. The number of fused-ring (bicyclic) bond motifs is 2. The lowest BCUT2D eigenvalue weighted by Gasteiger charge is -2.29. The van der Waals surface area contributed by atoms with Crippen molar-refractivity contribution in [2.24, 2.45) is 5.92 Å². The Bertz CT molecular complexity index is 1560. The number of ether oxygens (including phenoxy) is 2. The van der Waals surface area contributed by atoms with Crippen LogP contribution in [0.15, 0.2) is 59.5 Å². The Labute approximate surface area is 244 Å². The second kappa shape index (κ2) is 11.8. The van der Waals surface area contributed by atoms with Crippen LogP contribution in [0.25, 0.3) is 0 Å². The quantitative estimate of drug-likeness (QED) is 0.270. The van der Waals surface area contributed by atoms with Crippen molar-refractivity contribution in [3.63, 3.8) is 0 Å². The smallest absolute Gasteiger partial charge is 0.395 e. The van der Waals surface area contributed by atoms with Gasteiger partial charge in [-0.05, 0) is 90.3 Å². The molecule has 10 heteroatoms. The molecule has 1 fully saturated rings. The normalized spacial score (nSPS) is 18.3. The number of rotatable bonds is 10. The molecule has 42 heavy (non-hydrogen) atoms. The van der Waals surface area contributed by atoms with Crippen LogP contribution in [0.3, 0.4) is 0 Å². The van der Waals surface area contributed by atoms with Gasteiger partial charge in [-0.25, -0.2) is 12.8 Å². The van der Waals surface area contributed by atoms with E-state index in [0.717, 1.165) is 54.0 Å². The number of hydrogen-bond donors (Lipinski definition) is 1. The number of aryl methyl sites for hydroxylation is 1. The molecule has 0 saturated heterocycles. The van der Waals surface area contributed by atoms with E-state index in [2.05, 4.69) is 19.1 Å². The summed E-state index contributed by atoms with van der Waals surface area (Å²) in [5.74, 6) is 0.290. The summed E-state index contributed by atoms with van der Waals surface area (Å²) in [5, 5.41) is 0. The number of nitrogens with zero attached hydrogens (tertiary/aromatic N) is 1. The fraction of sp³-hybridized carbons (Fsp3) is 0.438. The lowest BCUT2D eigenvalue weighted by Crippen LogP contribution is -2.32. The number of sulfonamides is 1. The Balaban J connectivity index is 1.04. The van der Waals surface area contributed by atoms with Crippen molar-refractivity contribution in [3.8, 4) is 11.5 Å². The summed E-state index contributed by atoms with van der Waals surface area (Å²) >= 11 is 0. The standard InChI is InChI=1S/C32H35F3N2O4S/c33-28-18-23(7-3-6-22-4-1-2-5-22)8-12-29(28)36-42(38,39)27-11-10-26-21-37(17-15-25(26)20-27)16-14-24-9-13-30-31(19-24)41-32(34,35)40-30/h8-13,18-20,22,36H,1-7,14-17,21H2. The predicted octanol–water partition coefficient (Wildman–Crippen LogP) is 7.06. The van der Waals surface area contributed by atoms with Gasteiger partial charge in [0.2, 0.25) is 0 Å². The summed E-state index contributed by atoms with van der Waals surface area (Å²) in [7, 11) is -3.96. The van der Waals surface area contributed by atoms with E-state index < -0.39 is 22.1 Å². The van der Waals surface area contributed by atoms with Crippen LogP contribution in [0.5, 0.6) is 11.5 Å². The summed E-state index contributed by atoms with van der Waals surface area (Å²) in [6.45, 7) is 2.07. The molecule has 2 heterocycles. The van der Waals surface area contributed by atoms with E-state index in [-0.39, 0.29) is 22.1 Å². The number of benzene rings is 3. The zero-order chi connectivity index (χ0) is 29.3. The number of alkyl halides is 2. The minimum Gasteiger partial charge on any atom is -0.395 e. The van der Waals surface area contributed by atoms with E-state index in [9.17, 15) is 21.6 Å². The molecule has 3 aromatic carbocycles. The maximum Gasteiger partial charge on any atom is 0.586 e. The molecule has 0 aromatic heterocycles. The fourth-order valence-electron chi connectivity index (χ4n) is 6.28. The first-order valence-electron chi connectivity index (χ1n) is 14.7. The van der Waals surface area contributed by atoms with Gasteiger partial charge in [-0.3, -0.25) is 9.62 Å². The number of hydrogen-bond acceptors (Lipinski definition) is 5. The highest BCUT2D eigenvalue weighted by Crippen LogP contribution is 2.41. The first-order chi connectivity index (χ1) is 20.1. The number of nitrogens with one attached hydrogen (secondary N) is 1. The molecule has 0 amide bonds. The molecule has 0 atom stereocenters. The van der Waals surface area contributed by atoms with E-state index >= 15 is 0 Å². The van der Waals surface area contributed by atoms with Crippen molar-refractivity contribution >= 4 is 15.7 Å². The van der Waals surface area contributed by atoms with Crippen molar-refractivity contribution < 1.29 is 31.1 Å². The molecule has 1 N–H and O–H groups in total. The Morgan fingerprint density at radius 3 is 2.48 bits per heavy atom. The minimum atomic E-state index is -3.96. The summed E-state index contributed by atoms with van der Waals surface area (Å²) < 4.78 is 79.1. The minimum absolute atomic E-state index is 0.0282. The third-order valence-electron chi connectivity index (χ3n) is 8.59. The maximum atomic E-state index is 14.9. The Morgan fingerprint density at radius 1 is 0.905 bits per heavy atom. The van der Waals surface area contributed by atoms with Gasteiger partial charge in [0.05, 0.1) is 10.6 Å². The first kappa shape index (κ1) is 28.9. The monoisotopic (exact) mass is 600 g/mol. The second-order valence-electron chi connectivity index (χ2n) is 11.6. The fourth-order valence-corrected chi connectivity index (χ4v) is 7.39. The highest BCUT2D eigenvalue weighted by Gasteiger charge is 2.43. The summed E-state index contributed by atoms with van der Waals surface area (Å²) in [6, 6.07) is 14.6.